The second-order valence-corrected chi connectivity index (χ2v) is 8.49. The Kier molecular flexibility index (Phi) is 5.51. The first-order valence-electron chi connectivity index (χ1n) is 10.4. The molecule has 162 valence electrons. The minimum Gasteiger partial charge on any atom is -0.355 e. The van der Waals surface area contributed by atoms with Crippen molar-refractivity contribution in [2.75, 3.05) is 26.7 Å². The van der Waals surface area contributed by atoms with Gasteiger partial charge in [-0.1, -0.05) is 24.6 Å². The molecule has 1 aliphatic carbocycles. The number of hydrogen-bond acceptors (Lipinski definition) is 2. The van der Waals surface area contributed by atoms with Crippen molar-refractivity contribution in [2.45, 2.75) is 43.2 Å². The molecule has 2 aliphatic rings. The van der Waals surface area contributed by atoms with Crippen molar-refractivity contribution in [3.8, 4) is 0 Å². The van der Waals surface area contributed by atoms with Gasteiger partial charge in [-0.25, -0.2) is 0 Å². The molecular weight excluding hydrogens is 391 g/mol. The van der Waals surface area contributed by atoms with Gasteiger partial charge < -0.3 is 10.2 Å². The topological polar surface area (TPSA) is 45.5 Å². The molecule has 1 aliphatic heterocycles. The molecule has 2 heterocycles. The van der Waals surface area contributed by atoms with Crippen LogP contribution in [0.3, 0.4) is 0 Å². The molecule has 30 heavy (non-hydrogen) atoms. The van der Waals surface area contributed by atoms with Gasteiger partial charge >= 0.3 is 6.18 Å². The van der Waals surface area contributed by atoms with Gasteiger partial charge in [0.05, 0.1) is 11.8 Å². The predicted molar refractivity (Wildman–Crippen MR) is 110 cm³/mol. The summed E-state index contributed by atoms with van der Waals surface area (Å²) in [5.41, 5.74) is 1.16. The molecule has 1 saturated heterocycles. The van der Waals surface area contributed by atoms with Gasteiger partial charge in [0, 0.05) is 51.3 Å². The average Bonchev–Trinajstić information content (AvgIpc) is 3.32. The summed E-state index contributed by atoms with van der Waals surface area (Å²) in [6.45, 7) is 2.35. The van der Waals surface area contributed by atoms with E-state index in [9.17, 15) is 13.2 Å². The van der Waals surface area contributed by atoms with Crippen LogP contribution in [0.2, 0.25) is 0 Å². The minimum absolute atomic E-state index is 0.264. The molecule has 1 aromatic heterocycles. The lowest BCUT2D eigenvalue weighted by Crippen LogP contribution is -2.49. The first-order valence-corrected chi connectivity index (χ1v) is 10.4. The molecule has 8 heteroatoms. The Bertz CT molecular complexity index is 913. The molecule has 0 amide bonds. The van der Waals surface area contributed by atoms with Gasteiger partial charge in [0.2, 0.25) is 0 Å². The smallest absolute Gasteiger partial charge is 0.355 e. The highest BCUT2D eigenvalue weighted by atomic mass is 19.4. The van der Waals surface area contributed by atoms with E-state index in [0.717, 1.165) is 56.4 Å². The number of hydrogen-bond donors (Lipinski definition) is 1. The quantitative estimate of drug-likeness (QED) is 0.604. The number of likely N-dealkylation sites (tertiary alicyclic amines) is 1. The Labute approximate surface area is 175 Å². The Morgan fingerprint density at radius 3 is 2.73 bits per heavy atom. The van der Waals surface area contributed by atoms with Crippen LogP contribution in [-0.2, 0) is 18.6 Å². The van der Waals surface area contributed by atoms with E-state index in [1.54, 1.807) is 7.05 Å². The van der Waals surface area contributed by atoms with Crippen molar-refractivity contribution in [3.05, 3.63) is 53.3 Å². The molecule has 2 aromatic rings. The highest BCUT2D eigenvalue weighted by Crippen LogP contribution is 2.44. The van der Waals surface area contributed by atoms with Crippen molar-refractivity contribution >= 4 is 5.96 Å². The summed E-state index contributed by atoms with van der Waals surface area (Å²) in [4.78, 5) is 6.68. The number of alkyl halides is 3. The number of aromatic nitrogens is 2. The van der Waals surface area contributed by atoms with Crippen LogP contribution in [0.5, 0.6) is 0 Å². The molecular formula is C22H28F3N5. The van der Waals surface area contributed by atoms with Gasteiger partial charge in [-0.2, -0.15) is 18.3 Å². The van der Waals surface area contributed by atoms with Gasteiger partial charge in [-0.05, 0) is 36.5 Å². The van der Waals surface area contributed by atoms with Gasteiger partial charge in [-0.3, -0.25) is 9.67 Å². The first kappa shape index (κ1) is 20.8. The minimum atomic E-state index is -4.32. The average molecular weight is 419 g/mol. The van der Waals surface area contributed by atoms with Gasteiger partial charge in [0.1, 0.15) is 0 Å². The van der Waals surface area contributed by atoms with Crippen LogP contribution < -0.4 is 5.32 Å². The number of nitrogens with zero attached hydrogens (tertiary/aromatic N) is 4. The fraction of sp³-hybridized carbons (Fsp3) is 0.545. The van der Waals surface area contributed by atoms with E-state index in [1.807, 2.05) is 24.0 Å². The van der Waals surface area contributed by atoms with E-state index in [1.165, 1.54) is 17.7 Å². The van der Waals surface area contributed by atoms with Crippen LogP contribution in [0.15, 0.2) is 41.7 Å². The summed E-state index contributed by atoms with van der Waals surface area (Å²) in [5, 5.41) is 7.73. The molecule has 1 saturated carbocycles. The lowest BCUT2D eigenvalue weighted by atomic mass is 9.64. The Morgan fingerprint density at radius 2 is 2.13 bits per heavy atom. The Hall–Kier alpha value is -2.51. The fourth-order valence-electron chi connectivity index (χ4n) is 4.65. The standard InChI is InChI=1S/C22H28F3N5/c1-26-20(30-10-7-16(14-30)17-12-28-29(2)13-17)27-15-21(8-4-9-21)18-5-3-6-19(11-18)22(23,24)25/h3,5-6,11-13,16H,4,7-10,14-15H2,1-2H3,(H,26,27). The van der Waals surface area contributed by atoms with Gasteiger partial charge in [0.25, 0.3) is 0 Å². The van der Waals surface area contributed by atoms with Crippen molar-refractivity contribution in [1.29, 1.82) is 0 Å². The van der Waals surface area contributed by atoms with Crippen LogP contribution in [0, 0.1) is 0 Å². The second kappa shape index (κ2) is 7.96. The zero-order chi connectivity index (χ0) is 21.4. The molecule has 1 atom stereocenters. The van der Waals surface area contributed by atoms with Gasteiger partial charge in [-0.15, -0.1) is 0 Å². The normalized spacial score (nSPS) is 21.6. The molecule has 5 nitrogen and oxygen atoms in total. The van der Waals surface area contributed by atoms with Crippen molar-refractivity contribution in [1.82, 2.24) is 20.0 Å². The number of aliphatic imine (C=N–C) groups is 1. The lowest BCUT2D eigenvalue weighted by molar-refractivity contribution is -0.137. The molecule has 1 aromatic carbocycles. The third kappa shape index (κ3) is 4.04. The molecule has 0 radical (unpaired) electrons. The zero-order valence-electron chi connectivity index (χ0n) is 17.4. The summed E-state index contributed by atoms with van der Waals surface area (Å²) >= 11 is 0. The maximum Gasteiger partial charge on any atom is 0.416 e. The largest absolute Gasteiger partial charge is 0.416 e. The van der Waals surface area contributed by atoms with Crippen molar-refractivity contribution in [2.24, 2.45) is 12.0 Å². The van der Waals surface area contributed by atoms with E-state index >= 15 is 0 Å². The number of rotatable bonds is 4. The number of nitrogens with one attached hydrogen (secondary N) is 1. The van der Waals surface area contributed by atoms with Gasteiger partial charge in [0.15, 0.2) is 5.96 Å². The fourth-order valence-corrected chi connectivity index (χ4v) is 4.65. The highest BCUT2D eigenvalue weighted by Gasteiger charge is 2.41. The third-order valence-corrected chi connectivity index (χ3v) is 6.59. The summed E-state index contributed by atoms with van der Waals surface area (Å²) in [5.74, 6) is 1.23. The van der Waals surface area contributed by atoms with Crippen molar-refractivity contribution in [3.63, 3.8) is 0 Å². The van der Waals surface area contributed by atoms with E-state index in [0.29, 0.717) is 12.5 Å². The number of guanidine groups is 1. The molecule has 0 bridgehead atoms. The van der Waals surface area contributed by atoms with Crippen LogP contribution in [0.1, 0.15) is 48.3 Å². The van der Waals surface area contributed by atoms with E-state index < -0.39 is 11.7 Å². The Morgan fingerprint density at radius 1 is 1.33 bits per heavy atom. The number of benzene rings is 1. The summed E-state index contributed by atoms with van der Waals surface area (Å²) in [6, 6.07) is 5.81. The molecule has 0 spiro atoms. The number of halogens is 3. The molecule has 2 fully saturated rings. The Balaban J connectivity index is 1.43. The van der Waals surface area contributed by atoms with Crippen LogP contribution in [-0.4, -0.2) is 47.3 Å². The van der Waals surface area contributed by atoms with Crippen molar-refractivity contribution < 1.29 is 13.2 Å². The van der Waals surface area contributed by atoms with Crippen LogP contribution >= 0.6 is 0 Å². The number of aryl methyl sites for hydroxylation is 1. The second-order valence-electron chi connectivity index (χ2n) is 8.49. The lowest BCUT2D eigenvalue weighted by Gasteiger charge is -2.43. The maximum absolute atomic E-state index is 13.2. The molecule has 1 unspecified atom stereocenters. The highest BCUT2D eigenvalue weighted by molar-refractivity contribution is 5.80. The maximum atomic E-state index is 13.2. The van der Waals surface area contributed by atoms with E-state index in [2.05, 4.69) is 26.5 Å². The summed E-state index contributed by atoms with van der Waals surface area (Å²) in [6.07, 6.45) is 3.49. The zero-order valence-corrected chi connectivity index (χ0v) is 17.4. The third-order valence-electron chi connectivity index (χ3n) is 6.59. The first-order chi connectivity index (χ1) is 14.3. The monoisotopic (exact) mass is 419 g/mol. The summed E-state index contributed by atoms with van der Waals surface area (Å²) < 4.78 is 41.4. The molecule has 1 N–H and O–H groups in total. The van der Waals surface area contributed by atoms with Crippen LogP contribution in [0.4, 0.5) is 13.2 Å². The summed E-state index contributed by atoms with van der Waals surface area (Å²) in [7, 11) is 3.68. The molecule has 4 rings (SSSR count). The van der Waals surface area contributed by atoms with Crippen LogP contribution in [0.25, 0.3) is 0 Å². The predicted octanol–water partition coefficient (Wildman–Crippen LogP) is 3.93. The van der Waals surface area contributed by atoms with E-state index in [-0.39, 0.29) is 5.41 Å². The van der Waals surface area contributed by atoms with E-state index in [4.69, 9.17) is 0 Å². The SMILES string of the molecule is CN=C(NCC1(c2cccc(C(F)(F)F)c2)CCC1)N1CCC(c2cnn(C)c2)C1.